The van der Waals surface area contributed by atoms with Gasteiger partial charge in [-0.1, -0.05) is 11.8 Å². The zero-order chi connectivity index (χ0) is 17.6. The standard InChI is InChI=1S/C17H20N4O3S/c1-12-10-15(22)20-17(18-12)25-11-16(23)19-13-2-4-14(5-3-13)21-6-8-24-9-7-21/h2-5,10H,6-9,11H2,1H3,(H,19,23)(H,18,20,22). The third kappa shape index (κ3) is 5.07. The van der Waals surface area contributed by atoms with Crippen LogP contribution in [-0.4, -0.2) is 47.9 Å². The average Bonchev–Trinajstić information content (AvgIpc) is 2.61. The molecule has 25 heavy (non-hydrogen) atoms. The Morgan fingerprint density at radius 1 is 1.32 bits per heavy atom. The molecule has 0 saturated carbocycles. The molecule has 1 amide bonds. The van der Waals surface area contributed by atoms with E-state index in [0.29, 0.717) is 10.9 Å². The predicted octanol–water partition coefficient (Wildman–Crippen LogP) is 1.65. The average molecular weight is 360 g/mol. The number of aromatic amines is 1. The molecular weight excluding hydrogens is 340 g/mol. The van der Waals surface area contributed by atoms with Crippen LogP contribution in [0.4, 0.5) is 11.4 Å². The van der Waals surface area contributed by atoms with Gasteiger partial charge in [-0.2, -0.15) is 0 Å². The van der Waals surface area contributed by atoms with Crippen molar-refractivity contribution in [3.05, 3.63) is 46.4 Å². The maximum absolute atomic E-state index is 12.1. The summed E-state index contributed by atoms with van der Waals surface area (Å²) < 4.78 is 5.35. The van der Waals surface area contributed by atoms with E-state index in [0.717, 1.165) is 37.7 Å². The second-order valence-corrected chi connectivity index (χ2v) is 6.64. The predicted molar refractivity (Wildman–Crippen MR) is 98.4 cm³/mol. The first-order chi connectivity index (χ1) is 12.1. The SMILES string of the molecule is Cc1cc(=O)[nH]c(SCC(=O)Nc2ccc(N3CCOCC3)cc2)n1. The molecular formula is C17H20N4O3S. The first-order valence-electron chi connectivity index (χ1n) is 8.03. The van der Waals surface area contributed by atoms with E-state index in [1.54, 1.807) is 6.92 Å². The van der Waals surface area contributed by atoms with Gasteiger partial charge in [-0.15, -0.1) is 0 Å². The van der Waals surface area contributed by atoms with E-state index in [-0.39, 0.29) is 17.2 Å². The Balaban J connectivity index is 1.53. The van der Waals surface area contributed by atoms with E-state index < -0.39 is 0 Å². The van der Waals surface area contributed by atoms with Gasteiger partial charge in [0.15, 0.2) is 5.16 Å². The van der Waals surface area contributed by atoms with Gasteiger partial charge < -0.3 is 19.9 Å². The molecule has 1 aromatic heterocycles. The Labute approximate surface area is 149 Å². The Bertz CT molecular complexity index is 785. The fraction of sp³-hybridized carbons (Fsp3) is 0.353. The number of hydrogen-bond acceptors (Lipinski definition) is 6. The van der Waals surface area contributed by atoms with Crippen molar-refractivity contribution in [3.8, 4) is 0 Å². The number of nitrogens with one attached hydrogen (secondary N) is 2. The highest BCUT2D eigenvalue weighted by atomic mass is 32.2. The van der Waals surface area contributed by atoms with Crippen LogP contribution in [0.25, 0.3) is 0 Å². The molecule has 1 aliphatic rings. The number of morpholine rings is 1. The number of hydrogen-bond donors (Lipinski definition) is 2. The highest BCUT2D eigenvalue weighted by Crippen LogP contribution is 2.19. The van der Waals surface area contributed by atoms with Crippen LogP contribution in [0.15, 0.2) is 40.3 Å². The molecule has 1 aromatic carbocycles. The van der Waals surface area contributed by atoms with Gasteiger partial charge >= 0.3 is 0 Å². The zero-order valence-electron chi connectivity index (χ0n) is 13.9. The number of rotatable bonds is 5. The number of carbonyl (C=O) groups excluding carboxylic acids is 1. The van der Waals surface area contributed by atoms with Crippen molar-refractivity contribution >= 4 is 29.0 Å². The van der Waals surface area contributed by atoms with Crippen LogP contribution in [0.3, 0.4) is 0 Å². The lowest BCUT2D eigenvalue weighted by Crippen LogP contribution is -2.36. The second kappa shape index (κ2) is 8.17. The van der Waals surface area contributed by atoms with E-state index >= 15 is 0 Å². The van der Waals surface area contributed by atoms with Crippen molar-refractivity contribution < 1.29 is 9.53 Å². The molecule has 3 rings (SSSR count). The van der Waals surface area contributed by atoms with Gasteiger partial charge in [0.2, 0.25) is 5.91 Å². The van der Waals surface area contributed by atoms with E-state index in [2.05, 4.69) is 20.2 Å². The van der Waals surface area contributed by atoms with Gasteiger partial charge in [-0.05, 0) is 31.2 Å². The van der Waals surface area contributed by atoms with Crippen molar-refractivity contribution in [1.29, 1.82) is 0 Å². The lowest BCUT2D eigenvalue weighted by Gasteiger charge is -2.28. The molecule has 132 valence electrons. The summed E-state index contributed by atoms with van der Waals surface area (Å²) in [7, 11) is 0. The Morgan fingerprint density at radius 3 is 2.72 bits per heavy atom. The number of benzene rings is 1. The van der Waals surface area contributed by atoms with E-state index in [1.165, 1.54) is 17.8 Å². The molecule has 0 bridgehead atoms. The van der Waals surface area contributed by atoms with E-state index in [9.17, 15) is 9.59 Å². The van der Waals surface area contributed by atoms with Crippen molar-refractivity contribution in [3.63, 3.8) is 0 Å². The topological polar surface area (TPSA) is 87.3 Å². The highest BCUT2D eigenvalue weighted by molar-refractivity contribution is 7.99. The summed E-state index contributed by atoms with van der Waals surface area (Å²) in [5.74, 6) is 0.0331. The van der Waals surface area contributed by atoms with Gasteiger partial charge in [0.1, 0.15) is 0 Å². The molecule has 7 nitrogen and oxygen atoms in total. The van der Waals surface area contributed by atoms with Gasteiger partial charge in [0.25, 0.3) is 5.56 Å². The largest absolute Gasteiger partial charge is 0.378 e. The number of anilines is 2. The monoisotopic (exact) mass is 360 g/mol. The van der Waals surface area contributed by atoms with Gasteiger partial charge in [-0.3, -0.25) is 9.59 Å². The molecule has 1 fully saturated rings. The second-order valence-electron chi connectivity index (χ2n) is 5.68. The maximum atomic E-state index is 12.1. The molecule has 0 spiro atoms. The van der Waals surface area contributed by atoms with Crippen LogP contribution in [-0.2, 0) is 9.53 Å². The lowest BCUT2D eigenvalue weighted by molar-refractivity contribution is -0.113. The Hall–Kier alpha value is -2.32. The first kappa shape index (κ1) is 17.5. The van der Waals surface area contributed by atoms with Crippen LogP contribution >= 0.6 is 11.8 Å². The molecule has 2 heterocycles. The zero-order valence-corrected chi connectivity index (χ0v) is 14.8. The smallest absolute Gasteiger partial charge is 0.251 e. The normalized spacial score (nSPS) is 14.4. The van der Waals surface area contributed by atoms with Crippen LogP contribution in [0.5, 0.6) is 0 Å². The molecule has 8 heteroatoms. The van der Waals surface area contributed by atoms with E-state index in [1.807, 2.05) is 24.3 Å². The van der Waals surface area contributed by atoms with Crippen molar-refractivity contribution in [2.45, 2.75) is 12.1 Å². The van der Waals surface area contributed by atoms with Crippen molar-refractivity contribution in [2.75, 3.05) is 42.3 Å². The minimum absolute atomic E-state index is 0.145. The number of ether oxygens (including phenoxy) is 1. The summed E-state index contributed by atoms with van der Waals surface area (Å²) in [6, 6.07) is 9.18. The molecule has 2 N–H and O–H groups in total. The number of H-pyrrole nitrogens is 1. The lowest BCUT2D eigenvalue weighted by atomic mass is 10.2. The number of aryl methyl sites for hydroxylation is 1. The molecule has 0 aliphatic carbocycles. The number of aromatic nitrogens is 2. The third-order valence-electron chi connectivity index (χ3n) is 3.72. The summed E-state index contributed by atoms with van der Waals surface area (Å²) in [4.78, 5) is 32.5. The number of amides is 1. The summed E-state index contributed by atoms with van der Waals surface area (Å²) in [5.41, 5.74) is 2.28. The van der Waals surface area contributed by atoms with Crippen molar-refractivity contribution in [1.82, 2.24) is 9.97 Å². The summed E-state index contributed by atoms with van der Waals surface area (Å²) in [5, 5.41) is 3.30. The van der Waals surface area contributed by atoms with Crippen LogP contribution in [0.2, 0.25) is 0 Å². The fourth-order valence-electron chi connectivity index (χ4n) is 2.53. The van der Waals surface area contributed by atoms with Crippen LogP contribution in [0, 0.1) is 6.92 Å². The Morgan fingerprint density at radius 2 is 2.04 bits per heavy atom. The molecule has 2 aromatic rings. The van der Waals surface area contributed by atoms with Crippen LogP contribution in [0.1, 0.15) is 5.69 Å². The minimum atomic E-state index is -0.214. The first-order valence-corrected chi connectivity index (χ1v) is 9.02. The van der Waals surface area contributed by atoms with Crippen molar-refractivity contribution in [2.24, 2.45) is 0 Å². The number of nitrogens with zero attached hydrogens (tertiary/aromatic N) is 2. The number of thioether (sulfide) groups is 1. The summed E-state index contributed by atoms with van der Waals surface area (Å²) in [6.45, 7) is 4.99. The maximum Gasteiger partial charge on any atom is 0.251 e. The Kier molecular flexibility index (Phi) is 5.72. The van der Waals surface area contributed by atoms with Gasteiger partial charge in [0, 0.05) is 36.2 Å². The summed E-state index contributed by atoms with van der Waals surface area (Å²) in [6.07, 6.45) is 0. The molecule has 1 saturated heterocycles. The summed E-state index contributed by atoms with van der Waals surface area (Å²) >= 11 is 1.20. The van der Waals surface area contributed by atoms with E-state index in [4.69, 9.17) is 4.74 Å². The quantitative estimate of drug-likeness (QED) is 0.623. The molecule has 1 aliphatic heterocycles. The molecule has 0 unspecified atom stereocenters. The fourth-order valence-corrected chi connectivity index (χ4v) is 3.25. The molecule has 0 atom stereocenters. The van der Waals surface area contributed by atoms with Gasteiger partial charge in [0.05, 0.1) is 19.0 Å². The minimum Gasteiger partial charge on any atom is -0.378 e. The van der Waals surface area contributed by atoms with Gasteiger partial charge in [-0.25, -0.2) is 4.98 Å². The number of carbonyl (C=O) groups is 1. The third-order valence-corrected chi connectivity index (χ3v) is 4.59. The van der Waals surface area contributed by atoms with Crippen LogP contribution < -0.4 is 15.8 Å². The molecule has 0 radical (unpaired) electrons. The highest BCUT2D eigenvalue weighted by Gasteiger charge is 2.11.